The number of imidazole rings is 1. The number of hydrogen-bond donors (Lipinski definition) is 3. The van der Waals surface area contributed by atoms with Crippen molar-refractivity contribution in [3.63, 3.8) is 0 Å². The zero-order valence-electron chi connectivity index (χ0n) is 22.2. The van der Waals surface area contributed by atoms with E-state index in [9.17, 15) is 14.4 Å². The molecule has 200 valence electrons. The zero-order chi connectivity index (χ0) is 28.4. The topological polar surface area (TPSA) is 136 Å². The minimum Gasteiger partial charge on any atom is -0.382 e. The highest BCUT2D eigenvalue weighted by Crippen LogP contribution is 2.24. The van der Waals surface area contributed by atoms with Crippen molar-refractivity contribution in [2.45, 2.75) is 26.8 Å². The summed E-state index contributed by atoms with van der Waals surface area (Å²) >= 11 is 0. The van der Waals surface area contributed by atoms with Crippen LogP contribution in [-0.2, 0) is 4.79 Å². The lowest BCUT2D eigenvalue weighted by Gasteiger charge is -2.21. The van der Waals surface area contributed by atoms with Crippen molar-refractivity contribution in [1.82, 2.24) is 29.8 Å². The van der Waals surface area contributed by atoms with Gasteiger partial charge in [-0.15, -0.1) is 0 Å². The lowest BCUT2D eigenvalue weighted by atomic mass is 10.0. The molecule has 2 aromatic carbocycles. The van der Waals surface area contributed by atoms with E-state index >= 15 is 0 Å². The number of rotatable bonds is 5. The van der Waals surface area contributed by atoms with Crippen molar-refractivity contribution in [2.24, 2.45) is 0 Å². The molecule has 40 heavy (non-hydrogen) atoms. The number of nitrogens with two attached hydrogens (primary N) is 1. The van der Waals surface area contributed by atoms with Gasteiger partial charge in [-0.05, 0) is 55.6 Å². The van der Waals surface area contributed by atoms with Crippen LogP contribution in [0.4, 0.5) is 5.82 Å². The Labute approximate surface area is 229 Å². The van der Waals surface area contributed by atoms with Crippen LogP contribution < -0.4 is 21.9 Å². The molecule has 10 heteroatoms. The number of aryl methyl sites for hydroxylation is 1. The first-order valence-electron chi connectivity index (χ1n) is 12.6. The highest BCUT2D eigenvalue weighted by atomic mass is 16.2. The SMILES string of the molecule is CC(=O)NCC#Cc1cccc2cc([C@H](C)NC(=O)c3c(N)nc4ccc(C)nn34)n(-c3ccccc3)c(=O)c12. The normalized spacial score (nSPS) is 11.6. The van der Waals surface area contributed by atoms with Gasteiger partial charge in [-0.3, -0.25) is 19.0 Å². The highest BCUT2D eigenvalue weighted by Gasteiger charge is 2.23. The molecule has 10 nitrogen and oxygen atoms in total. The Morgan fingerprint density at radius 3 is 2.60 bits per heavy atom. The predicted molar refractivity (Wildman–Crippen MR) is 153 cm³/mol. The molecule has 2 amide bonds. The second-order valence-corrected chi connectivity index (χ2v) is 9.31. The molecule has 0 aliphatic carbocycles. The summed E-state index contributed by atoms with van der Waals surface area (Å²) < 4.78 is 3.00. The number of carbonyl (C=O) groups is 2. The second-order valence-electron chi connectivity index (χ2n) is 9.31. The molecule has 0 unspecified atom stereocenters. The maximum absolute atomic E-state index is 14.1. The third-order valence-corrected chi connectivity index (χ3v) is 6.38. The van der Waals surface area contributed by atoms with Crippen molar-refractivity contribution >= 4 is 34.1 Å². The number of aromatic nitrogens is 4. The molecule has 4 N–H and O–H groups in total. The Bertz CT molecular complexity index is 1900. The number of nitrogens with zero attached hydrogens (tertiary/aromatic N) is 4. The minimum atomic E-state index is -0.603. The number of amides is 2. The fourth-order valence-electron chi connectivity index (χ4n) is 4.55. The lowest BCUT2D eigenvalue weighted by molar-refractivity contribution is -0.118. The number of carbonyl (C=O) groups excluding carboxylic acids is 2. The molecular weight excluding hydrogens is 506 g/mol. The standard InChI is InChI=1S/C30H27N7O3/c1-18-14-15-25-34-28(31)27(37(25)35-18)29(39)33-19(2)24-17-22-10-7-9-21(11-8-16-32-20(3)38)26(22)30(40)36(24)23-12-5-4-6-13-23/h4-7,9-10,12-15,17,19H,16,31H2,1-3H3,(H,32,38)(H,33,39)/t19-/m0/s1. The Balaban J connectivity index is 1.61. The van der Waals surface area contributed by atoms with E-state index in [-0.39, 0.29) is 29.5 Å². The smallest absolute Gasteiger partial charge is 0.274 e. The van der Waals surface area contributed by atoms with Gasteiger partial charge >= 0.3 is 0 Å². The van der Waals surface area contributed by atoms with Crippen molar-refractivity contribution in [2.75, 3.05) is 12.3 Å². The van der Waals surface area contributed by atoms with Crippen LogP contribution in [0.5, 0.6) is 0 Å². The molecular formula is C30H27N7O3. The number of hydrogen-bond acceptors (Lipinski definition) is 6. The zero-order valence-corrected chi connectivity index (χ0v) is 22.2. The van der Waals surface area contributed by atoms with Gasteiger partial charge in [0.2, 0.25) is 5.91 Å². The van der Waals surface area contributed by atoms with E-state index in [2.05, 4.69) is 32.6 Å². The number of anilines is 1. The summed E-state index contributed by atoms with van der Waals surface area (Å²) in [5.74, 6) is 5.32. The average Bonchev–Trinajstić information content (AvgIpc) is 3.26. The Morgan fingerprint density at radius 2 is 1.85 bits per heavy atom. The van der Waals surface area contributed by atoms with E-state index in [1.807, 2.05) is 55.5 Å². The first kappa shape index (κ1) is 26.2. The molecule has 3 heterocycles. The van der Waals surface area contributed by atoms with Crippen LogP contribution in [0.3, 0.4) is 0 Å². The van der Waals surface area contributed by atoms with Gasteiger partial charge in [-0.1, -0.05) is 42.2 Å². The van der Waals surface area contributed by atoms with E-state index in [1.54, 1.807) is 29.7 Å². The van der Waals surface area contributed by atoms with Gasteiger partial charge in [0.05, 0.1) is 23.7 Å². The van der Waals surface area contributed by atoms with Gasteiger partial charge in [0, 0.05) is 23.9 Å². The second kappa shape index (κ2) is 10.7. The van der Waals surface area contributed by atoms with Gasteiger partial charge in [-0.25, -0.2) is 9.50 Å². The monoisotopic (exact) mass is 533 g/mol. The largest absolute Gasteiger partial charge is 0.382 e. The number of pyridine rings is 1. The molecule has 0 aliphatic heterocycles. The predicted octanol–water partition coefficient (Wildman–Crippen LogP) is 2.90. The van der Waals surface area contributed by atoms with Crippen LogP contribution in [0.15, 0.2) is 71.5 Å². The van der Waals surface area contributed by atoms with Gasteiger partial charge in [0.15, 0.2) is 17.2 Å². The number of fused-ring (bicyclic) bond motifs is 2. The van der Waals surface area contributed by atoms with Crippen LogP contribution in [-0.4, -0.2) is 37.5 Å². The molecule has 0 fully saturated rings. The van der Waals surface area contributed by atoms with Crippen LogP contribution in [0.25, 0.3) is 22.1 Å². The Morgan fingerprint density at radius 1 is 1.07 bits per heavy atom. The average molecular weight is 534 g/mol. The molecule has 1 atom stereocenters. The molecule has 3 aromatic heterocycles. The molecule has 5 rings (SSSR count). The molecule has 0 spiro atoms. The number of benzene rings is 2. The maximum atomic E-state index is 14.1. The first-order chi connectivity index (χ1) is 19.2. The molecule has 5 aromatic rings. The first-order valence-corrected chi connectivity index (χ1v) is 12.6. The summed E-state index contributed by atoms with van der Waals surface area (Å²) in [6, 6.07) is 19.4. The van der Waals surface area contributed by atoms with Gasteiger partial charge in [0.1, 0.15) is 0 Å². The third kappa shape index (κ3) is 5.00. The van der Waals surface area contributed by atoms with Crippen LogP contribution in [0.2, 0.25) is 0 Å². The van der Waals surface area contributed by atoms with Crippen LogP contribution >= 0.6 is 0 Å². The molecule has 0 saturated carbocycles. The number of nitrogens with one attached hydrogen (secondary N) is 2. The van der Waals surface area contributed by atoms with E-state index in [0.717, 1.165) is 0 Å². The van der Waals surface area contributed by atoms with Crippen molar-refractivity contribution < 1.29 is 9.59 Å². The third-order valence-electron chi connectivity index (χ3n) is 6.38. The van der Waals surface area contributed by atoms with Gasteiger partial charge in [0.25, 0.3) is 11.5 Å². The minimum absolute atomic E-state index is 0.0595. The molecule has 0 radical (unpaired) electrons. The summed E-state index contributed by atoms with van der Waals surface area (Å²) in [4.78, 5) is 43.0. The van der Waals surface area contributed by atoms with Crippen molar-refractivity contribution in [3.8, 4) is 17.5 Å². The van der Waals surface area contributed by atoms with Crippen LogP contribution in [0, 0.1) is 18.8 Å². The summed E-state index contributed by atoms with van der Waals surface area (Å²) in [5.41, 5.74) is 8.85. The molecule has 0 saturated heterocycles. The summed E-state index contributed by atoms with van der Waals surface area (Å²) in [6.45, 7) is 5.20. The number of para-hydroxylation sites is 1. The summed E-state index contributed by atoms with van der Waals surface area (Å²) in [7, 11) is 0. The Hall–Kier alpha value is -5.43. The van der Waals surface area contributed by atoms with Crippen molar-refractivity contribution in [3.05, 3.63) is 99.7 Å². The Kier molecular flexibility index (Phi) is 7.03. The fraction of sp³-hybridized carbons (Fsp3) is 0.167. The van der Waals surface area contributed by atoms with Gasteiger partial charge < -0.3 is 16.4 Å². The van der Waals surface area contributed by atoms with Crippen LogP contribution in [0.1, 0.15) is 47.3 Å². The van der Waals surface area contributed by atoms with E-state index < -0.39 is 11.9 Å². The molecule has 0 aliphatic rings. The lowest BCUT2D eigenvalue weighted by Crippen LogP contribution is -2.33. The van der Waals surface area contributed by atoms with Gasteiger partial charge in [-0.2, -0.15) is 5.10 Å². The van der Waals surface area contributed by atoms with E-state index in [1.165, 1.54) is 11.4 Å². The molecule has 0 bridgehead atoms. The summed E-state index contributed by atoms with van der Waals surface area (Å²) in [5, 5.41) is 11.1. The fourth-order valence-corrected chi connectivity index (χ4v) is 4.55. The van der Waals surface area contributed by atoms with E-state index in [0.29, 0.717) is 39.1 Å². The van der Waals surface area contributed by atoms with E-state index in [4.69, 9.17) is 5.73 Å². The maximum Gasteiger partial charge on any atom is 0.274 e. The summed E-state index contributed by atoms with van der Waals surface area (Å²) in [6.07, 6.45) is 0. The quantitative estimate of drug-likeness (QED) is 0.297. The van der Waals surface area contributed by atoms with Crippen molar-refractivity contribution in [1.29, 1.82) is 0 Å². The highest BCUT2D eigenvalue weighted by molar-refractivity contribution is 5.98. The number of nitrogen functional groups attached to an aromatic ring is 1.